The third kappa shape index (κ3) is 5.76. The van der Waals surface area contributed by atoms with Gasteiger partial charge in [0.1, 0.15) is 0 Å². The quantitative estimate of drug-likeness (QED) is 0.554. The van der Waals surface area contributed by atoms with Crippen LogP contribution in [0.15, 0.2) is 40.6 Å². The van der Waals surface area contributed by atoms with Gasteiger partial charge in [0, 0.05) is 39.0 Å². The molecule has 1 aliphatic heterocycles. The highest BCUT2D eigenvalue weighted by Gasteiger charge is 2.25. The lowest BCUT2D eigenvalue weighted by Gasteiger charge is -2.36. The fourth-order valence-corrected chi connectivity index (χ4v) is 4.35. The van der Waals surface area contributed by atoms with Crippen LogP contribution < -0.4 is 15.4 Å². The van der Waals surface area contributed by atoms with E-state index in [2.05, 4.69) is 11.9 Å². The Bertz CT molecular complexity index is 920. The summed E-state index contributed by atoms with van der Waals surface area (Å²) in [6.45, 7) is 6.36. The van der Waals surface area contributed by atoms with Gasteiger partial charge in [-0.3, -0.25) is 9.69 Å². The molecular weight excluding hydrogens is 392 g/mol. The number of carbonyl (C=O) groups is 1. The van der Waals surface area contributed by atoms with E-state index in [-0.39, 0.29) is 22.2 Å². The second-order valence-electron chi connectivity index (χ2n) is 6.30. The van der Waals surface area contributed by atoms with Crippen LogP contribution in [0.25, 0.3) is 0 Å². The van der Waals surface area contributed by atoms with Gasteiger partial charge >= 0.3 is 0 Å². The van der Waals surface area contributed by atoms with Crippen molar-refractivity contribution in [2.24, 2.45) is 5.14 Å². The van der Waals surface area contributed by atoms with Gasteiger partial charge in [-0.25, -0.2) is 22.0 Å². The lowest BCUT2D eigenvalue weighted by molar-refractivity contribution is -0.122. The Morgan fingerprint density at radius 1 is 1.22 bits per heavy atom. The molecule has 27 heavy (non-hydrogen) atoms. The molecule has 1 aromatic rings. The molecule has 0 saturated carbocycles. The number of sulfonamides is 1. The number of nitrogens with zero attached hydrogens (tertiary/aromatic N) is 2. The molecule has 0 radical (unpaired) electrons. The molecule has 150 valence electrons. The Morgan fingerprint density at radius 3 is 2.37 bits per heavy atom. The Kier molecular flexibility index (Phi) is 6.63. The molecule has 1 fully saturated rings. The third-order valence-electron chi connectivity index (χ3n) is 4.18. The molecule has 1 heterocycles. The minimum atomic E-state index is -4.01. The second kappa shape index (κ2) is 8.38. The van der Waals surface area contributed by atoms with Gasteiger partial charge in [-0.1, -0.05) is 6.08 Å². The first kappa shape index (κ1) is 21.4. The summed E-state index contributed by atoms with van der Waals surface area (Å²) >= 11 is 0. The summed E-state index contributed by atoms with van der Waals surface area (Å²) in [5, 5.41) is 7.82. The van der Waals surface area contributed by atoms with Gasteiger partial charge in [0.05, 0.1) is 22.0 Å². The molecular formula is C16H24N4O5S2. The van der Waals surface area contributed by atoms with Crippen molar-refractivity contribution < 1.29 is 21.6 Å². The topological polar surface area (TPSA) is 130 Å². The maximum absolute atomic E-state index is 12.2. The minimum Gasteiger partial charge on any atom is -0.368 e. The normalized spacial score (nSPS) is 16.1. The summed E-state index contributed by atoms with van der Waals surface area (Å²) in [7, 11) is -7.66. The number of nitrogens with one attached hydrogen (secondary N) is 1. The van der Waals surface area contributed by atoms with Crippen molar-refractivity contribution in [3.63, 3.8) is 0 Å². The average Bonchev–Trinajstić information content (AvgIpc) is 2.58. The molecule has 11 heteroatoms. The summed E-state index contributed by atoms with van der Waals surface area (Å²) in [5.74, 6) is -0.0994. The zero-order valence-electron chi connectivity index (χ0n) is 15.1. The van der Waals surface area contributed by atoms with Gasteiger partial charge < -0.3 is 10.2 Å². The first-order valence-corrected chi connectivity index (χ1v) is 11.7. The standard InChI is InChI=1S/C16H24N4O5S2/c1-3-6-18-16(21)12-19-7-9-20(10-8-19)14-5-4-13(27(17,24)25)11-15(14)26(2,22)23/h3-5,11H,1,6-10,12H2,2H3,(H,18,21)(H2,17,24,25). The van der Waals surface area contributed by atoms with E-state index in [0.29, 0.717) is 38.4 Å². The van der Waals surface area contributed by atoms with E-state index in [1.54, 1.807) is 6.08 Å². The van der Waals surface area contributed by atoms with E-state index >= 15 is 0 Å². The summed E-state index contributed by atoms with van der Waals surface area (Å²) in [6, 6.07) is 3.85. The predicted molar refractivity (Wildman–Crippen MR) is 103 cm³/mol. The maximum atomic E-state index is 12.2. The Balaban J connectivity index is 2.16. The van der Waals surface area contributed by atoms with E-state index in [1.165, 1.54) is 12.1 Å². The molecule has 9 nitrogen and oxygen atoms in total. The number of hydrogen-bond donors (Lipinski definition) is 2. The Morgan fingerprint density at radius 2 is 1.85 bits per heavy atom. The van der Waals surface area contributed by atoms with Crippen LogP contribution in [0, 0.1) is 0 Å². The number of primary sulfonamides is 1. The number of amides is 1. The molecule has 0 bridgehead atoms. The number of rotatable bonds is 7. The number of hydrogen-bond acceptors (Lipinski definition) is 7. The molecule has 0 unspecified atom stereocenters. The first-order chi connectivity index (χ1) is 12.5. The Labute approximate surface area is 159 Å². The fraction of sp³-hybridized carbons (Fsp3) is 0.438. The molecule has 0 aliphatic carbocycles. The van der Waals surface area contributed by atoms with Crippen molar-refractivity contribution in [1.82, 2.24) is 10.2 Å². The zero-order valence-corrected chi connectivity index (χ0v) is 16.7. The molecule has 0 atom stereocenters. The number of sulfone groups is 1. The third-order valence-corrected chi connectivity index (χ3v) is 6.22. The molecule has 1 aliphatic rings. The van der Waals surface area contributed by atoms with Crippen molar-refractivity contribution in [3.05, 3.63) is 30.9 Å². The smallest absolute Gasteiger partial charge is 0.238 e. The largest absolute Gasteiger partial charge is 0.368 e. The van der Waals surface area contributed by atoms with E-state index in [9.17, 15) is 21.6 Å². The average molecular weight is 417 g/mol. The van der Waals surface area contributed by atoms with Crippen LogP contribution in [-0.2, 0) is 24.7 Å². The van der Waals surface area contributed by atoms with Crippen molar-refractivity contribution in [1.29, 1.82) is 0 Å². The number of anilines is 1. The lowest BCUT2D eigenvalue weighted by atomic mass is 10.2. The molecule has 2 rings (SSSR count). The molecule has 1 aromatic carbocycles. The van der Waals surface area contributed by atoms with E-state index in [1.807, 2.05) is 9.80 Å². The van der Waals surface area contributed by atoms with Crippen molar-refractivity contribution in [3.8, 4) is 0 Å². The lowest BCUT2D eigenvalue weighted by Crippen LogP contribution is -2.49. The van der Waals surface area contributed by atoms with Crippen LogP contribution in [0.5, 0.6) is 0 Å². The number of piperazine rings is 1. The molecule has 1 saturated heterocycles. The summed E-state index contributed by atoms with van der Waals surface area (Å²) in [4.78, 5) is 15.3. The zero-order chi connectivity index (χ0) is 20.2. The minimum absolute atomic E-state index is 0.0776. The van der Waals surface area contributed by atoms with E-state index in [0.717, 1.165) is 12.3 Å². The van der Waals surface area contributed by atoms with Crippen molar-refractivity contribution in [2.45, 2.75) is 9.79 Å². The second-order valence-corrected chi connectivity index (χ2v) is 9.85. The monoisotopic (exact) mass is 416 g/mol. The van der Waals surface area contributed by atoms with Gasteiger partial charge in [-0.2, -0.15) is 0 Å². The SMILES string of the molecule is C=CCNC(=O)CN1CCN(c2ccc(S(N)(=O)=O)cc2S(C)(=O)=O)CC1. The van der Waals surface area contributed by atoms with Crippen LogP contribution in [0.2, 0.25) is 0 Å². The van der Waals surface area contributed by atoms with Crippen LogP contribution in [0.1, 0.15) is 0 Å². The number of nitrogens with two attached hydrogens (primary N) is 1. The molecule has 0 aromatic heterocycles. The number of benzene rings is 1. The van der Waals surface area contributed by atoms with Crippen molar-refractivity contribution >= 4 is 31.5 Å². The van der Waals surface area contributed by atoms with Crippen LogP contribution >= 0.6 is 0 Å². The van der Waals surface area contributed by atoms with Gasteiger partial charge in [0.15, 0.2) is 9.84 Å². The predicted octanol–water partition coefficient (Wildman–Crippen LogP) is -0.838. The molecule has 0 spiro atoms. The maximum Gasteiger partial charge on any atom is 0.238 e. The van der Waals surface area contributed by atoms with Crippen LogP contribution in [0.3, 0.4) is 0 Å². The van der Waals surface area contributed by atoms with Gasteiger partial charge in [-0.15, -0.1) is 6.58 Å². The summed E-state index contributed by atoms with van der Waals surface area (Å²) < 4.78 is 47.4. The van der Waals surface area contributed by atoms with Crippen LogP contribution in [0.4, 0.5) is 5.69 Å². The van der Waals surface area contributed by atoms with Gasteiger partial charge in [-0.05, 0) is 18.2 Å². The highest BCUT2D eigenvalue weighted by atomic mass is 32.2. The summed E-state index contributed by atoms with van der Waals surface area (Å²) in [5.41, 5.74) is 0.431. The highest BCUT2D eigenvalue weighted by molar-refractivity contribution is 7.91. The highest BCUT2D eigenvalue weighted by Crippen LogP contribution is 2.28. The summed E-state index contributed by atoms with van der Waals surface area (Å²) in [6.07, 6.45) is 2.63. The molecule has 1 amide bonds. The van der Waals surface area contributed by atoms with Crippen LogP contribution in [-0.4, -0.2) is 73.2 Å². The molecule has 3 N–H and O–H groups in total. The van der Waals surface area contributed by atoms with E-state index in [4.69, 9.17) is 5.14 Å². The van der Waals surface area contributed by atoms with E-state index < -0.39 is 19.9 Å². The van der Waals surface area contributed by atoms with Gasteiger partial charge in [0.25, 0.3) is 0 Å². The fourth-order valence-electron chi connectivity index (χ4n) is 2.82. The first-order valence-electron chi connectivity index (χ1n) is 8.24. The Hall–Kier alpha value is -1.95. The van der Waals surface area contributed by atoms with Crippen molar-refractivity contribution in [2.75, 3.05) is 50.4 Å². The number of carbonyl (C=O) groups excluding carboxylic acids is 1. The van der Waals surface area contributed by atoms with Gasteiger partial charge in [0.2, 0.25) is 15.9 Å².